The van der Waals surface area contributed by atoms with Gasteiger partial charge < -0.3 is 9.97 Å². The minimum absolute atomic E-state index is 0. The van der Waals surface area contributed by atoms with Crippen LogP contribution in [0.2, 0.25) is 0 Å². The molecule has 2 N–H and O–H groups in total. The summed E-state index contributed by atoms with van der Waals surface area (Å²) >= 11 is 33.1. The Morgan fingerprint density at radius 2 is 0.843 bits per heavy atom. The number of benzene rings is 4. The Labute approximate surface area is 326 Å². The normalized spacial score (nSPS) is 11.9. The number of alkyl halides is 5. The number of fused-ring (bicyclic) bond motifs is 20. The number of aromatic nitrogens is 8. The Morgan fingerprint density at radius 1 is 0.412 bits per heavy atom. The Hall–Kier alpha value is -3.79. The van der Waals surface area contributed by atoms with Crippen LogP contribution in [0.5, 0.6) is 0 Å². The number of H-pyrrole nitrogens is 2. The average molecular weight is 820 g/mol. The topological polar surface area (TPSA) is 109 Å². The van der Waals surface area contributed by atoms with Gasteiger partial charge in [0.25, 0.3) is 0 Å². The third-order valence-electron chi connectivity index (χ3n) is 9.33. The van der Waals surface area contributed by atoms with Gasteiger partial charge in [0.05, 0.1) is 0 Å². The van der Waals surface area contributed by atoms with Gasteiger partial charge >= 0.3 is 17.1 Å². The van der Waals surface area contributed by atoms with Crippen molar-refractivity contribution in [3.05, 3.63) is 94.5 Å². The molecule has 0 unspecified atom stereocenters. The van der Waals surface area contributed by atoms with E-state index in [2.05, 4.69) is 9.97 Å². The van der Waals surface area contributed by atoms with Crippen LogP contribution in [0.15, 0.2) is 66.7 Å². The quantitative estimate of drug-likeness (QED) is 0.132. The average Bonchev–Trinajstić information content (AvgIpc) is 3.89. The Kier molecular flexibility index (Phi) is 9.18. The van der Waals surface area contributed by atoms with E-state index in [-0.39, 0.29) is 46.5 Å². The molecule has 3 aromatic heterocycles. The number of hydrogen-bond donors (Lipinski definition) is 2. The Morgan fingerprint density at radius 3 is 1.37 bits per heavy atom. The van der Waals surface area contributed by atoms with Crippen molar-refractivity contribution in [2.45, 2.75) is 29.4 Å². The second kappa shape index (κ2) is 13.6. The van der Waals surface area contributed by atoms with Crippen molar-refractivity contribution >= 4 is 102 Å². The molecule has 7 aromatic rings. The van der Waals surface area contributed by atoms with Crippen LogP contribution in [-0.4, -0.2) is 39.9 Å². The predicted octanol–water partition coefficient (Wildman–Crippen LogP) is 10.6. The van der Waals surface area contributed by atoms with E-state index in [4.69, 9.17) is 87.9 Å². The van der Waals surface area contributed by atoms with E-state index < -0.39 is 0 Å². The molecule has 2 aliphatic heterocycles. The van der Waals surface area contributed by atoms with Gasteiger partial charge in [-0.3, -0.25) is 0 Å². The molecule has 0 atom stereocenters. The fraction of sp³-hybridized carbons (Fsp3) is 0.135. The van der Waals surface area contributed by atoms with Gasteiger partial charge in [-0.05, 0) is 27.8 Å². The molecule has 0 saturated heterocycles. The summed E-state index contributed by atoms with van der Waals surface area (Å²) in [6.07, 6.45) is 0. The summed E-state index contributed by atoms with van der Waals surface area (Å²) in [6.45, 7) is 0. The van der Waals surface area contributed by atoms with Crippen LogP contribution in [0.3, 0.4) is 0 Å². The molecule has 0 amide bonds. The van der Waals surface area contributed by atoms with Gasteiger partial charge in [-0.1, -0.05) is 66.7 Å². The molecule has 8 nitrogen and oxygen atoms in total. The molecule has 8 bridgehead atoms. The Bertz CT molecular complexity index is 2730. The number of nitrogens with one attached hydrogen (secondary N) is 2. The van der Waals surface area contributed by atoms with Gasteiger partial charge in [0.1, 0.15) is 22.6 Å². The van der Waals surface area contributed by atoms with Crippen LogP contribution in [0.25, 0.3) is 89.7 Å². The first-order valence-electron chi connectivity index (χ1n) is 15.7. The molecule has 5 heterocycles. The van der Waals surface area contributed by atoms with Gasteiger partial charge in [-0.15, -0.1) is 58.0 Å². The minimum Gasteiger partial charge on any atom is -0.324 e. The maximum Gasteiger partial charge on any atom is 1.00 e. The largest absolute Gasteiger partial charge is 1.00 e. The molecule has 14 heteroatoms. The monoisotopic (exact) mass is 817 g/mol. The molecule has 9 rings (SSSR count). The first kappa shape index (κ1) is 34.3. The van der Waals surface area contributed by atoms with Crippen molar-refractivity contribution < 1.29 is 17.1 Å². The molecule has 0 fully saturated rings. The smallest absolute Gasteiger partial charge is 0.324 e. The van der Waals surface area contributed by atoms with Crippen LogP contribution in [0.4, 0.5) is 0 Å². The zero-order valence-corrected chi connectivity index (χ0v) is 31.0. The van der Waals surface area contributed by atoms with Crippen molar-refractivity contribution in [2.24, 2.45) is 0 Å². The fourth-order valence-corrected chi connectivity index (χ4v) is 8.52. The van der Waals surface area contributed by atoms with E-state index in [0.29, 0.717) is 45.9 Å². The van der Waals surface area contributed by atoms with Crippen LogP contribution < -0.4 is 0 Å². The van der Waals surface area contributed by atoms with Crippen molar-refractivity contribution in [2.75, 3.05) is 0 Å². The molecule has 0 saturated carbocycles. The minimum atomic E-state index is 0. The first-order valence-corrected chi connectivity index (χ1v) is 18.4. The first-order chi connectivity index (χ1) is 24.6. The molecule has 256 valence electrons. The van der Waals surface area contributed by atoms with E-state index in [1.54, 1.807) is 0 Å². The maximum absolute atomic E-state index is 6.73. The van der Waals surface area contributed by atoms with Crippen molar-refractivity contribution in [3.63, 3.8) is 0 Å². The van der Waals surface area contributed by atoms with E-state index in [1.165, 1.54) is 0 Å². The number of nitrogens with zero attached hydrogens (tertiary/aromatic N) is 6. The molecule has 4 aromatic carbocycles. The van der Waals surface area contributed by atoms with Crippen LogP contribution in [0, 0.1) is 0 Å². The Balaban J connectivity index is 0.00000374. The summed E-state index contributed by atoms with van der Waals surface area (Å²) in [6, 6.07) is 21.7. The summed E-state index contributed by atoms with van der Waals surface area (Å²) in [5.41, 5.74) is 9.58. The van der Waals surface area contributed by atoms with Crippen molar-refractivity contribution in [1.29, 1.82) is 0 Å². The van der Waals surface area contributed by atoms with Crippen LogP contribution in [-0.2, 0) is 46.5 Å². The van der Waals surface area contributed by atoms with Gasteiger partial charge in [-0.25, -0.2) is 29.9 Å². The molecule has 2 aliphatic rings. The molecule has 0 radical (unpaired) electrons. The standard InChI is InChI=1S/C37H23Cl5N8.Cu/c38-12-17-6-5-11-22-27(17)35-48-34(22)46-32-19-8-2-1-7-18(19)30(44-32)43-31-20-9-3-4-10-21(20)33(45-31)47-36-28-25(15-41)23(13-39)24(14-40)26(16-42)29(28)37(49-35)50-36;/h1-11H,12-16H2,(H2,43,44,45,46,47,48,49,50);/q;+1. The number of halogens is 5. The second-order valence-electron chi connectivity index (χ2n) is 11.9. The molecule has 51 heavy (non-hydrogen) atoms. The summed E-state index contributed by atoms with van der Waals surface area (Å²) in [5.74, 6) is 2.85. The summed E-state index contributed by atoms with van der Waals surface area (Å²) in [4.78, 5) is 37.5. The summed E-state index contributed by atoms with van der Waals surface area (Å²) in [7, 11) is 0. The maximum atomic E-state index is 6.73. The van der Waals surface area contributed by atoms with Gasteiger partial charge in [-0.2, -0.15) is 0 Å². The summed E-state index contributed by atoms with van der Waals surface area (Å²) in [5, 5.41) is 3.27. The zero-order valence-electron chi connectivity index (χ0n) is 26.3. The van der Waals surface area contributed by atoms with Gasteiger partial charge in [0, 0.05) is 73.2 Å². The van der Waals surface area contributed by atoms with E-state index in [9.17, 15) is 0 Å². The number of aromatic amines is 2. The van der Waals surface area contributed by atoms with Crippen LogP contribution in [0.1, 0.15) is 27.8 Å². The van der Waals surface area contributed by atoms with E-state index in [1.807, 2.05) is 66.7 Å². The fourth-order valence-electron chi connectivity index (χ4n) is 7.06. The predicted molar refractivity (Wildman–Crippen MR) is 204 cm³/mol. The molecule has 0 aliphatic carbocycles. The third-order valence-corrected chi connectivity index (χ3v) is 10.7. The van der Waals surface area contributed by atoms with Crippen LogP contribution >= 0.6 is 58.0 Å². The second-order valence-corrected chi connectivity index (χ2v) is 13.2. The molecule has 0 spiro atoms. The SMILES string of the molecule is ClCc1cccc2c1-c1nc-2nc2[nH]c(nc3nc(nc4[nH]c(n1)c1c(CCl)c(CCl)c(CCl)c(CCl)c41)-c1ccccc1-3)c1ccccc21.[Cu+]. The number of hydrogen-bond acceptors (Lipinski definition) is 6. The number of rotatable bonds is 5. The summed E-state index contributed by atoms with van der Waals surface area (Å²) < 4.78 is 0. The van der Waals surface area contributed by atoms with Gasteiger partial charge in [0.15, 0.2) is 23.3 Å². The molecular weight excluding hydrogens is 797 g/mol. The van der Waals surface area contributed by atoms with Gasteiger partial charge in [0.2, 0.25) is 0 Å². The molecular formula is C37H23Cl5CuN8+. The zero-order chi connectivity index (χ0) is 34.1. The van der Waals surface area contributed by atoms with Crippen molar-refractivity contribution in [1.82, 2.24) is 39.9 Å². The van der Waals surface area contributed by atoms with Crippen molar-refractivity contribution in [3.8, 4) is 45.6 Å². The third kappa shape index (κ3) is 5.33. The van der Waals surface area contributed by atoms with E-state index >= 15 is 0 Å². The van der Waals surface area contributed by atoms with E-state index in [0.717, 1.165) is 71.6 Å².